The fraction of sp³-hybridized carbons (Fsp3) is 0.353. The Morgan fingerprint density at radius 2 is 1.93 bits per heavy atom. The third-order valence-corrected chi connectivity index (χ3v) is 4.57. The second-order valence-electron chi connectivity index (χ2n) is 5.75. The number of furan rings is 1. The molecule has 1 heterocycles. The number of carbonyl (C=O) groups excluding carboxylic acids is 2. The van der Waals surface area contributed by atoms with Crippen LogP contribution in [0, 0.1) is 5.92 Å². The zero-order valence-corrected chi connectivity index (χ0v) is 14.9. The summed E-state index contributed by atoms with van der Waals surface area (Å²) in [6.07, 6.45) is -5.23. The summed E-state index contributed by atoms with van der Waals surface area (Å²) in [4.78, 5) is 34.3. The number of carboxylic acids is 1. The van der Waals surface area contributed by atoms with Gasteiger partial charge in [0.05, 0.1) is 0 Å². The molecular weight excluding hydrogens is 387 g/mol. The van der Waals surface area contributed by atoms with E-state index < -0.39 is 40.9 Å². The third kappa shape index (κ3) is 5.75. The zero-order chi connectivity index (χ0) is 20.2. The first kappa shape index (κ1) is 20.8. The smallest absolute Gasteiger partial charge is 0.401 e. The molecule has 0 saturated heterocycles. The van der Waals surface area contributed by atoms with Gasteiger partial charge in [-0.1, -0.05) is 30.0 Å². The fourth-order valence-corrected chi connectivity index (χ4v) is 3.07. The van der Waals surface area contributed by atoms with Crippen molar-refractivity contribution < 1.29 is 37.1 Å². The number of carboxylic acid groups (broad SMARTS) is 1. The van der Waals surface area contributed by atoms with Gasteiger partial charge in [0.25, 0.3) is 0 Å². The van der Waals surface area contributed by atoms with Crippen LogP contribution in [0.2, 0.25) is 0 Å². The maximum Gasteiger partial charge on any atom is 0.401 e. The van der Waals surface area contributed by atoms with Crippen molar-refractivity contribution >= 4 is 39.7 Å². The van der Waals surface area contributed by atoms with E-state index in [2.05, 4.69) is 0 Å². The quantitative estimate of drug-likeness (QED) is 0.738. The van der Waals surface area contributed by atoms with Crippen molar-refractivity contribution in [1.82, 2.24) is 5.32 Å². The number of rotatable bonds is 7. The SMILES string of the molecule is CC(=O)SCC(C(=O)NC(Cc1cc2ccccc2o1)C(=O)O)C(F)(F)F. The number of nitrogens with one attached hydrogen (secondary N) is 1. The number of hydrogen-bond donors (Lipinski definition) is 2. The van der Waals surface area contributed by atoms with Gasteiger partial charge in [-0.3, -0.25) is 9.59 Å². The molecule has 0 fully saturated rings. The molecule has 0 saturated carbocycles. The molecule has 2 unspecified atom stereocenters. The molecule has 2 N–H and O–H groups in total. The second-order valence-corrected chi connectivity index (χ2v) is 6.95. The average molecular weight is 403 g/mol. The van der Waals surface area contributed by atoms with E-state index in [0.29, 0.717) is 22.7 Å². The van der Waals surface area contributed by atoms with Gasteiger partial charge in [-0.25, -0.2) is 4.79 Å². The maximum atomic E-state index is 13.1. The van der Waals surface area contributed by atoms with Gasteiger partial charge in [0.2, 0.25) is 5.91 Å². The highest BCUT2D eigenvalue weighted by molar-refractivity contribution is 8.13. The predicted molar refractivity (Wildman–Crippen MR) is 92.2 cm³/mol. The van der Waals surface area contributed by atoms with Gasteiger partial charge in [0.15, 0.2) is 5.12 Å². The van der Waals surface area contributed by atoms with Gasteiger partial charge in [0, 0.05) is 24.5 Å². The number of thioether (sulfide) groups is 1. The van der Waals surface area contributed by atoms with Crippen LogP contribution in [0.15, 0.2) is 34.7 Å². The van der Waals surface area contributed by atoms with Crippen LogP contribution in [0.25, 0.3) is 11.0 Å². The van der Waals surface area contributed by atoms with Crippen LogP contribution in [-0.4, -0.2) is 40.1 Å². The molecule has 0 bridgehead atoms. The van der Waals surface area contributed by atoms with Crippen molar-refractivity contribution in [2.45, 2.75) is 25.6 Å². The lowest BCUT2D eigenvalue weighted by molar-refractivity contribution is -0.179. The topological polar surface area (TPSA) is 96.6 Å². The van der Waals surface area contributed by atoms with E-state index >= 15 is 0 Å². The summed E-state index contributed by atoms with van der Waals surface area (Å²) < 4.78 is 44.7. The lowest BCUT2D eigenvalue weighted by Gasteiger charge is -2.21. The Labute approximate surface area is 156 Å². The number of benzene rings is 1. The molecule has 0 aliphatic carbocycles. The molecule has 10 heteroatoms. The molecule has 2 atom stereocenters. The molecule has 2 aromatic rings. The van der Waals surface area contributed by atoms with Crippen molar-refractivity contribution in [3.63, 3.8) is 0 Å². The summed E-state index contributed by atoms with van der Waals surface area (Å²) in [5.41, 5.74) is 0.494. The van der Waals surface area contributed by atoms with Crippen molar-refractivity contribution in [1.29, 1.82) is 0 Å². The van der Waals surface area contributed by atoms with Crippen LogP contribution in [0.5, 0.6) is 0 Å². The van der Waals surface area contributed by atoms with Crippen LogP contribution in [0.3, 0.4) is 0 Å². The van der Waals surface area contributed by atoms with E-state index in [1.807, 2.05) is 5.32 Å². The van der Waals surface area contributed by atoms with Crippen LogP contribution in [0.1, 0.15) is 12.7 Å². The van der Waals surface area contributed by atoms with Crippen LogP contribution < -0.4 is 5.32 Å². The van der Waals surface area contributed by atoms with Crippen molar-refractivity contribution in [3.05, 3.63) is 36.1 Å². The minimum absolute atomic E-state index is 0.213. The van der Waals surface area contributed by atoms with Gasteiger partial charge in [0.1, 0.15) is 23.3 Å². The highest BCUT2D eigenvalue weighted by Gasteiger charge is 2.45. The molecule has 0 aliphatic heterocycles. The Morgan fingerprint density at radius 3 is 2.48 bits per heavy atom. The Morgan fingerprint density at radius 1 is 1.26 bits per heavy atom. The number of halogens is 3. The molecule has 146 valence electrons. The first-order chi connectivity index (χ1) is 12.6. The normalized spacial score (nSPS) is 13.9. The van der Waals surface area contributed by atoms with Crippen LogP contribution >= 0.6 is 11.8 Å². The lowest BCUT2D eigenvalue weighted by atomic mass is 10.1. The first-order valence-electron chi connectivity index (χ1n) is 7.78. The Hall–Kier alpha value is -2.49. The van der Waals surface area contributed by atoms with E-state index in [1.165, 1.54) is 0 Å². The molecule has 0 aliphatic rings. The summed E-state index contributed by atoms with van der Waals surface area (Å²) in [7, 11) is 0. The van der Waals surface area contributed by atoms with Gasteiger partial charge >= 0.3 is 12.1 Å². The minimum Gasteiger partial charge on any atom is -0.480 e. The average Bonchev–Trinajstić information content (AvgIpc) is 2.95. The van der Waals surface area contributed by atoms with Crippen LogP contribution in [-0.2, 0) is 20.8 Å². The van der Waals surface area contributed by atoms with E-state index in [1.54, 1.807) is 30.3 Å². The highest BCUT2D eigenvalue weighted by Crippen LogP contribution is 2.30. The van der Waals surface area contributed by atoms with Gasteiger partial charge in [-0.2, -0.15) is 13.2 Å². The molecule has 27 heavy (non-hydrogen) atoms. The zero-order valence-electron chi connectivity index (χ0n) is 14.1. The molecule has 1 aromatic heterocycles. The number of amides is 1. The third-order valence-electron chi connectivity index (χ3n) is 3.66. The number of fused-ring (bicyclic) bond motifs is 1. The summed E-state index contributed by atoms with van der Waals surface area (Å²) in [5.74, 6) is -6.10. The Balaban J connectivity index is 2.14. The number of hydrogen-bond acceptors (Lipinski definition) is 5. The number of aliphatic carboxylic acids is 1. The summed E-state index contributed by atoms with van der Waals surface area (Å²) in [6.45, 7) is 1.08. The summed E-state index contributed by atoms with van der Waals surface area (Å²) >= 11 is 0.351. The van der Waals surface area contributed by atoms with Gasteiger partial charge in [-0.15, -0.1) is 0 Å². The minimum atomic E-state index is -4.91. The Bertz CT molecular complexity index is 815. The van der Waals surface area contributed by atoms with Gasteiger partial charge in [-0.05, 0) is 12.1 Å². The molecule has 1 aromatic carbocycles. The number of para-hydroxylation sites is 1. The monoisotopic (exact) mass is 403 g/mol. The van der Waals surface area contributed by atoms with E-state index in [0.717, 1.165) is 6.92 Å². The molecule has 0 spiro atoms. The molecule has 0 radical (unpaired) electrons. The van der Waals surface area contributed by atoms with Gasteiger partial charge < -0.3 is 14.8 Å². The van der Waals surface area contributed by atoms with E-state index in [-0.39, 0.29) is 12.2 Å². The standard InChI is InChI=1S/C17H16F3NO5S/c1-9(22)27-8-12(17(18,19)20)15(23)21-13(16(24)25)7-11-6-10-4-2-3-5-14(10)26-11/h2-6,12-13H,7-8H2,1H3,(H,21,23)(H,24,25). The lowest BCUT2D eigenvalue weighted by Crippen LogP contribution is -2.49. The number of carbonyl (C=O) groups is 3. The second kappa shape index (κ2) is 8.47. The highest BCUT2D eigenvalue weighted by atomic mass is 32.2. The van der Waals surface area contributed by atoms with E-state index in [9.17, 15) is 32.7 Å². The fourth-order valence-electron chi connectivity index (χ4n) is 2.33. The molecule has 2 rings (SSSR count). The molecule has 1 amide bonds. The summed E-state index contributed by atoms with van der Waals surface area (Å²) in [5, 5.41) is 11.3. The molecular formula is C17H16F3NO5S. The summed E-state index contributed by atoms with van der Waals surface area (Å²) in [6, 6.07) is 6.81. The Kier molecular flexibility index (Phi) is 6.53. The first-order valence-corrected chi connectivity index (χ1v) is 8.77. The van der Waals surface area contributed by atoms with Crippen molar-refractivity contribution in [2.75, 3.05) is 5.75 Å². The molecule has 6 nitrogen and oxygen atoms in total. The van der Waals surface area contributed by atoms with E-state index in [4.69, 9.17) is 4.42 Å². The number of alkyl halides is 3. The van der Waals surface area contributed by atoms with Crippen molar-refractivity contribution in [3.8, 4) is 0 Å². The van der Waals surface area contributed by atoms with Crippen LogP contribution in [0.4, 0.5) is 13.2 Å². The predicted octanol–water partition coefficient (Wildman–Crippen LogP) is 3.00. The largest absolute Gasteiger partial charge is 0.480 e. The van der Waals surface area contributed by atoms with Crippen molar-refractivity contribution in [2.24, 2.45) is 5.92 Å². The maximum absolute atomic E-state index is 13.1.